The van der Waals surface area contributed by atoms with E-state index in [4.69, 9.17) is 21.3 Å². The third-order valence-electron chi connectivity index (χ3n) is 5.09. The number of pyridine rings is 1. The summed E-state index contributed by atoms with van der Waals surface area (Å²) in [5.74, 6) is 1.77. The molecule has 3 aromatic rings. The Morgan fingerprint density at radius 2 is 2.25 bits per heavy atom. The molecule has 0 saturated carbocycles. The third kappa shape index (κ3) is 3.38. The number of halogens is 1. The molecule has 0 bridgehead atoms. The molecule has 1 N–H and O–H groups in total. The maximum atomic E-state index is 12.7. The molecule has 2 amide bonds. The Kier molecular flexibility index (Phi) is 5.09. The van der Waals surface area contributed by atoms with Crippen LogP contribution in [0, 0.1) is 0 Å². The Morgan fingerprint density at radius 1 is 1.39 bits per heavy atom. The summed E-state index contributed by atoms with van der Waals surface area (Å²) in [6, 6.07) is 8.94. The number of benzene rings is 1. The lowest BCUT2D eigenvalue weighted by atomic mass is 10.1. The first-order valence-electron chi connectivity index (χ1n) is 9.31. The van der Waals surface area contributed by atoms with Crippen molar-refractivity contribution < 1.29 is 9.53 Å². The number of nitrogens with one attached hydrogen (secondary N) is 1. The number of ether oxygens (including phenoxy) is 1. The first-order chi connectivity index (χ1) is 13.6. The van der Waals surface area contributed by atoms with Crippen LogP contribution in [0.3, 0.4) is 0 Å². The van der Waals surface area contributed by atoms with E-state index in [2.05, 4.69) is 21.8 Å². The molecular weight excluding hydrogens is 378 g/mol. The van der Waals surface area contributed by atoms with Gasteiger partial charge in [-0.3, -0.25) is 0 Å². The quantitative estimate of drug-likeness (QED) is 0.715. The van der Waals surface area contributed by atoms with Crippen molar-refractivity contribution in [3.05, 3.63) is 47.4 Å². The van der Waals surface area contributed by atoms with Crippen LogP contribution >= 0.6 is 11.6 Å². The molecule has 4 rings (SSSR count). The van der Waals surface area contributed by atoms with Gasteiger partial charge in [0.15, 0.2) is 5.65 Å². The van der Waals surface area contributed by atoms with Crippen molar-refractivity contribution in [1.29, 1.82) is 0 Å². The summed E-state index contributed by atoms with van der Waals surface area (Å²) in [6.07, 6.45) is 2.66. The third-order valence-corrected chi connectivity index (χ3v) is 5.39. The number of anilines is 1. The van der Waals surface area contributed by atoms with E-state index in [1.807, 2.05) is 17.0 Å². The first-order valence-corrected chi connectivity index (χ1v) is 9.69. The molecule has 28 heavy (non-hydrogen) atoms. The number of aromatic nitrogens is 3. The second kappa shape index (κ2) is 7.67. The van der Waals surface area contributed by atoms with E-state index in [0.29, 0.717) is 29.5 Å². The van der Waals surface area contributed by atoms with Crippen molar-refractivity contribution in [2.45, 2.75) is 25.8 Å². The molecule has 0 unspecified atom stereocenters. The van der Waals surface area contributed by atoms with Gasteiger partial charge in [-0.05, 0) is 43.7 Å². The fraction of sp³-hybridized carbons (Fsp3) is 0.350. The molecular formula is C20H22ClN5O2. The summed E-state index contributed by atoms with van der Waals surface area (Å²) < 4.78 is 7.29. The predicted molar refractivity (Wildman–Crippen MR) is 109 cm³/mol. The minimum atomic E-state index is -0.138. The van der Waals surface area contributed by atoms with E-state index >= 15 is 0 Å². The molecule has 3 heterocycles. The Bertz CT molecular complexity index is 1020. The van der Waals surface area contributed by atoms with E-state index in [-0.39, 0.29) is 11.9 Å². The number of rotatable bonds is 4. The standard InChI is InChI=1S/C20H22ClN5O2/c1-3-26-18(24-16-5-4-9-22-19(16)26)13-8-10-25(12-13)20(27)23-14-6-7-17(28-2)15(21)11-14/h4-7,9,11,13H,3,8,10,12H2,1-2H3,(H,23,27)/t13-/m1/s1. The van der Waals surface area contributed by atoms with Crippen LogP contribution in [-0.2, 0) is 6.54 Å². The fourth-order valence-corrected chi connectivity index (χ4v) is 3.96. The van der Waals surface area contributed by atoms with Crippen LogP contribution in [0.1, 0.15) is 25.1 Å². The molecule has 1 saturated heterocycles. The smallest absolute Gasteiger partial charge is 0.321 e. The summed E-state index contributed by atoms with van der Waals surface area (Å²) in [5, 5.41) is 3.37. The largest absolute Gasteiger partial charge is 0.495 e. The summed E-state index contributed by atoms with van der Waals surface area (Å²) in [7, 11) is 1.56. The van der Waals surface area contributed by atoms with E-state index in [1.165, 1.54) is 0 Å². The highest BCUT2D eigenvalue weighted by molar-refractivity contribution is 6.32. The number of methoxy groups -OCH3 is 1. The van der Waals surface area contributed by atoms with Crippen molar-refractivity contribution in [3.8, 4) is 5.75 Å². The molecule has 146 valence electrons. The van der Waals surface area contributed by atoms with E-state index in [0.717, 1.165) is 30.0 Å². The highest BCUT2D eigenvalue weighted by Crippen LogP contribution is 2.30. The molecule has 1 aliphatic heterocycles. The van der Waals surface area contributed by atoms with Crippen LogP contribution in [0.4, 0.5) is 10.5 Å². The lowest BCUT2D eigenvalue weighted by Crippen LogP contribution is -2.33. The summed E-state index contributed by atoms with van der Waals surface area (Å²) in [5.41, 5.74) is 2.44. The number of carbonyl (C=O) groups is 1. The van der Waals surface area contributed by atoms with Crippen LogP contribution in [-0.4, -0.2) is 45.7 Å². The number of carbonyl (C=O) groups excluding carboxylic acids is 1. The maximum absolute atomic E-state index is 12.7. The van der Waals surface area contributed by atoms with Gasteiger partial charge < -0.3 is 19.5 Å². The topological polar surface area (TPSA) is 72.3 Å². The second-order valence-electron chi connectivity index (χ2n) is 6.77. The van der Waals surface area contributed by atoms with E-state index in [1.54, 1.807) is 31.5 Å². The van der Waals surface area contributed by atoms with Gasteiger partial charge in [0.2, 0.25) is 0 Å². The normalized spacial score (nSPS) is 16.5. The molecule has 1 aromatic carbocycles. The molecule has 0 aliphatic carbocycles. The summed E-state index contributed by atoms with van der Waals surface area (Å²) in [6.45, 7) is 4.20. The summed E-state index contributed by atoms with van der Waals surface area (Å²) in [4.78, 5) is 23.7. The molecule has 8 heteroatoms. The van der Waals surface area contributed by atoms with E-state index < -0.39 is 0 Å². The molecule has 1 aliphatic rings. The van der Waals surface area contributed by atoms with Crippen LogP contribution in [0.2, 0.25) is 5.02 Å². The van der Waals surface area contributed by atoms with Gasteiger partial charge in [-0.15, -0.1) is 0 Å². The van der Waals surface area contributed by atoms with Gasteiger partial charge in [0.25, 0.3) is 0 Å². The highest BCUT2D eigenvalue weighted by atomic mass is 35.5. The Morgan fingerprint density at radius 3 is 3.00 bits per heavy atom. The van der Waals surface area contributed by atoms with E-state index in [9.17, 15) is 4.79 Å². The average Bonchev–Trinajstić information content (AvgIpc) is 3.32. The molecule has 1 fully saturated rings. The average molecular weight is 400 g/mol. The highest BCUT2D eigenvalue weighted by Gasteiger charge is 2.31. The van der Waals surface area contributed by atoms with Crippen LogP contribution < -0.4 is 10.1 Å². The van der Waals surface area contributed by atoms with Gasteiger partial charge in [0.1, 0.15) is 17.1 Å². The SMILES string of the molecule is CCn1c([C@@H]2CCN(C(=O)Nc3ccc(OC)c(Cl)c3)C2)nc2cccnc21. The van der Waals surface area contributed by atoms with Gasteiger partial charge in [-0.1, -0.05) is 11.6 Å². The second-order valence-corrected chi connectivity index (χ2v) is 7.18. The minimum Gasteiger partial charge on any atom is -0.495 e. The lowest BCUT2D eigenvalue weighted by Gasteiger charge is -2.18. The Balaban J connectivity index is 1.48. The number of nitrogens with zero attached hydrogens (tertiary/aromatic N) is 4. The van der Waals surface area contributed by atoms with Gasteiger partial charge in [-0.25, -0.2) is 14.8 Å². The van der Waals surface area contributed by atoms with Crippen molar-refractivity contribution in [3.63, 3.8) is 0 Å². The minimum absolute atomic E-state index is 0.138. The monoisotopic (exact) mass is 399 g/mol. The number of hydrogen-bond donors (Lipinski definition) is 1. The van der Waals surface area contributed by atoms with Crippen molar-refractivity contribution in [2.24, 2.45) is 0 Å². The van der Waals surface area contributed by atoms with Crippen LogP contribution in [0.25, 0.3) is 11.2 Å². The molecule has 7 nitrogen and oxygen atoms in total. The predicted octanol–water partition coefficient (Wildman–Crippen LogP) is 4.13. The van der Waals surface area contributed by atoms with Crippen LogP contribution in [0.15, 0.2) is 36.5 Å². The Labute approximate surface area is 168 Å². The number of fused-ring (bicyclic) bond motifs is 1. The van der Waals surface area contributed by atoms with Gasteiger partial charge in [0.05, 0.1) is 12.1 Å². The fourth-order valence-electron chi connectivity index (χ4n) is 3.70. The van der Waals surface area contributed by atoms with Gasteiger partial charge in [-0.2, -0.15) is 0 Å². The Hall–Kier alpha value is -2.80. The van der Waals surface area contributed by atoms with Gasteiger partial charge >= 0.3 is 6.03 Å². The zero-order valence-electron chi connectivity index (χ0n) is 15.9. The zero-order valence-corrected chi connectivity index (χ0v) is 16.6. The lowest BCUT2D eigenvalue weighted by molar-refractivity contribution is 0.222. The number of amides is 2. The number of urea groups is 1. The number of imidazole rings is 1. The van der Waals surface area contributed by atoms with Crippen molar-refractivity contribution in [2.75, 3.05) is 25.5 Å². The first kappa shape index (κ1) is 18.6. The molecule has 2 aromatic heterocycles. The number of aryl methyl sites for hydroxylation is 1. The van der Waals surface area contributed by atoms with Crippen molar-refractivity contribution >= 4 is 34.5 Å². The van der Waals surface area contributed by atoms with Crippen LogP contribution in [0.5, 0.6) is 5.75 Å². The molecule has 0 spiro atoms. The molecule has 0 radical (unpaired) electrons. The zero-order chi connectivity index (χ0) is 19.7. The van der Waals surface area contributed by atoms with Crippen molar-refractivity contribution in [1.82, 2.24) is 19.4 Å². The summed E-state index contributed by atoms with van der Waals surface area (Å²) >= 11 is 6.14. The molecule has 1 atom stereocenters. The number of hydrogen-bond acceptors (Lipinski definition) is 4. The van der Waals surface area contributed by atoms with Gasteiger partial charge in [0, 0.05) is 37.4 Å². The number of likely N-dealkylation sites (tertiary alicyclic amines) is 1. The maximum Gasteiger partial charge on any atom is 0.321 e.